The van der Waals surface area contributed by atoms with Crippen LogP contribution in [0.4, 0.5) is 0 Å². The minimum absolute atomic E-state index is 0.545. The van der Waals surface area contributed by atoms with Crippen LogP contribution in [0.1, 0.15) is 6.42 Å². The summed E-state index contributed by atoms with van der Waals surface area (Å²) in [6, 6.07) is 13.5. The quantitative estimate of drug-likeness (QED) is 0.419. The summed E-state index contributed by atoms with van der Waals surface area (Å²) >= 11 is 0. The molecule has 6 heteroatoms. The molecule has 2 N–H and O–H groups in total. The van der Waals surface area contributed by atoms with E-state index in [-0.39, 0.29) is 0 Å². The number of benzene rings is 1. The summed E-state index contributed by atoms with van der Waals surface area (Å²) in [5.74, 6) is 2.41. The highest BCUT2D eigenvalue weighted by molar-refractivity contribution is 5.79. The summed E-state index contributed by atoms with van der Waals surface area (Å²) in [6.45, 7) is 2.66. The number of hydrogen-bond acceptors (Lipinski definition) is 4. The lowest BCUT2D eigenvalue weighted by Crippen LogP contribution is -2.40. The average molecular weight is 328 g/mol. The van der Waals surface area contributed by atoms with Crippen molar-refractivity contribution in [3.63, 3.8) is 0 Å². The molecule has 128 valence electrons. The molecule has 0 atom stereocenters. The van der Waals surface area contributed by atoms with E-state index in [1.54, 1.807) is 19.4 Å². The molecule has 0 bridgehead atoms. The second-order valence-corrected chi connectivity index (χ2v) is 4.98. The molecule has 0 saturated carbocycles. The first-order valence-electron chi connectivity index (χ1n) is 8.03. The molecule has 0 aliphatic rings. The Kier molecular flexibility index (Phi) is 7.98. The van der Waals surface area contributed by atoms with E-state index >= 15 is 0 Å². The van der Waals surface area contributed by atoms with Gasteiger partial charge in [-0.3, -0.25) is 9.98 Å². The molecule has 0 aliphatic carbocycles. The number of nitrogens with one attached hydrogen (secondary N) is 2. The van der Waals surface area contributed by atoms with E-state index in [2.05, 4.69) is 20.6 Å². The van der Waals surface area contributed by atoms with Gasteiger partial charge in [0.2, 0.25) is 0 Å². The van der Waals surface area contributed by atoms with Gasteiger partial charge >= 0.3 is 0 Å². The molecule has 0 spiro atoms. The van der Waals surface area contributed by atoms with Crippen molar-refractivity contribution < 1.29 is 9.47 Å². The van der Waals surface area contributed by atoms with Crippen LogP contribution in [0.5, 0.6) is 11.5 Å². The Morgan fingerprint density at radius 1 is 0.958 bits per heavy atom. The van der Waals surface area contributed by atoms with Crippen LogP contribution in [0.15, 0.2) is 59.9 Å². The lowest BCUT2D eigenvalue weighted by atomic mass is 10.3. The first kappa shape index (κ1) is 17.6. The SMILES string of the molecule is CN=C(NCCCOc1ccccc1)NCCOc1cccnc1. The topological polar surface area (TPSA) is 67.8 Å². The predicted molar refractivity (Wildman–Crippen MR) is 95.7 cm³/mol. The number of aromatic nitrogens is 1. The molecule has 1 aromatic carbocycles. The molecule has 0 aliphatic heterocycles. The number of nitrogens with zero attached hydrogens (tertiary/aromatic N) is 2. The van der Waals surface area contributed by atoms with Crippen molar-refractivity contribution in [3.8, 4) is 11.5 Å². The van der Waals surface area contributed by atoms with Crippen molar-refractivity contribution in [1.82, 2.24) is 15.6 Å². The van der Waals surface area contributed by atoms with Crippen LogP contribution >= 0.6 is 0 Å². The van der Waals surface area contributed by atoms with Gasteiger partial charge in [-0.15, -0.1) is 0 Å². The van der Waals surface area contributed by atoms with Gasteiger partial charge in [0.15, 0.2) is 5.96 Å². The van der Waals surface area contributed by atoms with Gasteiger partial charge in [-0.2, -0.15) is 0 Å². The summed E-state index contributed by atoms with van der Waals surface area (Å²) in [6.07, 6.45) is 4.31. The zero-order valence-electron chi connectivity index (χ0n) is 13.9. The molecule has 0 saturated heterocycles. The molecule has 2 aromatic rings. The predicted octanol–water partition coefficient (Wildman–Crippen LogP) is 2.09. The molecule has 0 fully saturated rings. The highest BCUT2D eigenvalue weighted by Gasteiger charge is 1.98. The fraction of sp³-hybridized carbons (Fsp3) is 0.333. The number of guanidine groups is 1. The number of aliphatic imine (C=N–C) groups is 1. The van der Waals surface area contributed by atoms with Crippen molar-refractivity contribution in [1.29, 1.82) is 0 Å². The summed E-state index contributed by atoms with van der Waals surface area (Å²) < 4.78 is 11.2. The minimum Gasteiger partial charge on any atom is -0.494 e. The number of hydrogen-bond donors (Lipinski definition) is 2. The molecule has 2 rings (SSSR count). The Balaban J connectivity index is 1.52. The van der Waals surface area contributed by atoms with Crippen molar-refractivity contribution >= 4 is 5.96 Å². The maximum atomic E-state index is 5.64. The highest BCUT2D eigenvalue weighted by Crippen LogP contribution is 2.08. The molecule has 1 aromatic heterocycles. The molecular weight excluding hydrogens is 304 g/mol. The normalized spacial score (nSPS) is 11.0. The zero-order chi connectivity index (χ0) is 16.9. The van der Waals surface area contributed by atoms with Gasteiger partial charge in [-0.25, -0.2) is 0 Å². The fourth-order valence-electron chi connectivity index (χ4n) is 1.98. The summed E-state index contributed by atoms with van der Waals surface area (Å²) in [5.41, 5.74) is 0. The zero-order valence-corrected chi connectivity index (χ0v) is 13.9. The third-order valence-electron chi connectivity index (χ3n) is 3.15. The van der Waals surface area contributed by atoms with E-state index in [1.165, 1.54) is 0 Å². The first-order chi connectivity index (χ1) is 11.9. The molecular formula is C18H24N4O2. The van der Waals surface area contributed by atoms with Crippen LogP contribution in [0.2, 0.25) is 0 Å². The monoisotopic (exact) mass is 328 g/mol. The minimum atomic E-state index is 0.545. The van der Waals surface area contributed by atoms with Gasteiger partial charge in [0.25, 0.3) is 0 Å². The van der Waals surface area contributed by atoms with E-state index < -0.39 is 0 Å². The van der Waals surface area contributed by atoms with E-state index in [4.69, 9.17) is 9.47 Å². The Morgan fingerprint density at radius 3 is 2.46 bits per heavy atom. The molecule has 0 radical (unpaired) electrons. The molecule has 24 heavy (non-hydrogen) atoms. The summed E-state index contributed by atoms with van der Waals surface area (Å²) in [7, 11) is 1.75. The maximum Gasteiger partial charge on any atom is 0.191 e. The lowest BCUT2D eigenvalue weighted by Gasteiger charge is -2.12. The smallest absolute Gasteiger partial charge is 0.191 e. The van der Waals surface area contributed by atoms with Gasteiger partial charge in [-0.1, -0.05) is 18.2 Å². The van der Waals surface area contributed by atoms with Crippen LogP contribution in [-0.2, 0) is 0 Å². The number of rotatable bonds is 9. The largest absolute Gasteiger partial charge is 0.494 e. The van der Waals surface area contributed by atoms with Gasteiger partial charge < -0.3 is 20.1 Å². The Labute approximate surface area is 142 Å². The van der Waals surface area contributed by atoms with E-state index in [9.17, 15) is 0 Å². The van der Waals surface area contributed by atoms with Crippen molar-refractivity contribution in [2.24, 2.45) is 4.99 Å². The number of para-hydroxylation sites is 1. The Hall–Kier alpha value is -2.76. The third-order valence-corrected chi connectivity index (χ3v) is 3.15. The van der Waals surface area contributed by atoms with Gasteiger partial charge in [-0.05, 0) is 30.7 Å². The van der Waals surface area contributed by atoms with E-state index in [1.807, 2.05) is 42.5 Å². The maximum absolute atomic E-state index is 5.64. The molecule has 1 heterocycles. The van der Waals surface area contributed by atoms with Crippen LogP contribution < -0.4 is 20.1 Å². The van der Waals surface area contributed by atoms with E-state index in [0.717, 1.165) is 30.4 Å². The second kappa shape index (κ2) is 10.9. The van der Waals surface area contributed by atoms with Crippen molar-refractivity contribution in [2.75, 3.05) is 33.4 Å². The van der Waals surface area contributed by atoms with Gasteiger partial charge in [0, 0.05) is 19.8 Å². The van der Waals surface area contributed by atoms with Gasteiger partial charge in [0.05, 0.1) is 19.3 Å². The number of ether oxygens (including phenoxy) is 2. The van der Waals surface area contributed by atoms with Gasteiger partial charge in [0.1, 0.15) is 18.1 Å². The number of pyridine rings is 1. The van der Waals surface area contributed by atoms with Crippen molar-refractivity contribution in [3.05, 3.63) is 54.9 Å². The first-order valence-corrected chi connectivity index (χ1v) is 8.03. The third kappa shape index (κ3) is 7.00. The molecule has 0 unspecified atom stereocenters. The Bertz CT molecular complexity index is 590. The van der Waals surface area contributed by atoms with Crippen LogP contribution in [0.25, 0.3) is 0 Å². The standard InChI is InChI=1S/C18H24N4O2/c1-19-18(22-12-14-24-17-9-5-10-20-15-17)21-11-6-13-23-16-7-3-2-4-8-16/h2-5,7-10,15H,6,11-14H2,1H3,(H2,19,21,22). The molecule has 6 nitrogen and oxygen atoms in total. The molecule has 0 amide bonds. The lowest BCUT2D eigenvalue weighted by molar-refractivity contribution is 0.310. The van der Waals surface area contributed by atoms with E-state index in [0.29, 0.717) is 19.8 Å². The van der Waals surface area contributed by atoms with Crippen LogP contribution in [0, 0.1) is 0 Å². The average Bonchev–Trinajstić information content (AvgIpc) is 2.65. The fourth-order valence-corrected chi connectivity index (χ4v) is 1.98. The highest BCUT2D eigenvalue weighted by atomic mass is 16.5. The second-order valence-electron chi connectivity index (χ2n) is 4.98. The van der Waals surface area contributed by atoms with Crippen LogP contribution in [-0.4, -0.2) is 44.3 Å². The Morgan fingerprint density at radius 2 is 1.71 bits per heavy atom. The van der Waals surface area contributed by atoms with Crippen molar-refractivity contribution in [2.45, 2.75) is 6.42 Å². The summed E-state index contributed by atoms with van der Waals surface area (Å²) in [5, 5.41) is 6.45. The van der Waals surface area contributed by atoms with Crippen LogP contribution in [0.3, 0.4) is 0 Å². The summed E-state index contributed by atoms with van der Waals surface area (Å²) in [4.78, 5) is 8.18.